The molecular weight excluding hydrogens is 366 g/mol. The van der Waals surface area contributed by atoms with Crippen molar-refractivity contribution in [2.24, 2.45) is 11.8 Å². The molecule has 3 atom stereocenters. The average molecular weight is 398 g/mol. The van der Waals surface area contributed by atoms with Crippen LogP contribution in [0.25, 0.3) is 0 Å². The topological polar surface area (TPSA) is 59.0 Å². The molecule has 0 aromatic heterocycles. The number of carbonyl (C=O) groups excluding carboxylic acids is 1. The van der Waals surface area contributed by atoms with E-state index in [0.717, 1.165) is 35.4 Å². The van der Waals surface area contributed by atoms with Crippen LogP contribution < -0.4 is 9.47 Å². The summed E-state index contributed by atoms with van der Waals surface area (Å²) < 4.78 is 10.6. The summed E-state index contributed by atoms with van der Waals surface area (Å²) in [6.07, 6.45) is 0.327. The zero-order chi connectivity index (χ0) is 21.1. The molecule has 0 bridgehead atoms. The van der Waals surface area contributed by atoms with Gasteiger partial charge in [0.1, 0.15) is 11.5 Å². The van der Waals surface area contributed by atoms with E-state index in [4.69, 9.17) is 9.47 Å². The third kappa shape index (κ3) is 4.98. The van der Waals surface area contributed by atoms with E-state index in [1.165, 1.54) is 0 Å². The number of benzene rings is 2. The Hall–Kier alpha value is -2.37. The van der Waals surface area contributed by atoms with Crippen LogP contribution in [0.5, 0.6) is 11.5 Å². The molecule has 1 aliphatic carbocycles. The molecular formula is C24H31NO4. The molecule has 2 aromatic carbocycles. The smallest absolute Gasteiger partial charge is 0.166 e. The number of Topliss-reactive ketones (excluding diaryl/α,β-unsaturated/α-hetero) is 1. The van der Waals surface area contributed by atoms with Crippen molar-refractivity contribution in [2.75, 3.05) is 34.4 Å². The largest absolute Gasteiger partial charge is 0.497 e. The Morgan fingerprint density at radius 2 is 1.93 bits per heavy atom. The fourth-order valence-electron chi connectivity index (χ4n) is 4.02. The number of ether oxygens (including phenoxy) is 2. The van der Waals surface area contributed by atoms with Crippen LogP contribution in [0.15, 0.2) is 36.4 Å². The van der Waals surface area contributed by atoms with Crippen molar-refractivity contribution in [3.8, 4) is 11.5 Å². The number of aliphatic hydroxyl groups is 1. The summed E-state index contributed by atoms with van der Waals surface area (Å²) in [6, 6.07) is 11.3. The van der Waals surface area contributed by atoms with Crippen LogP contribution in [0.2, 0.25) is 0 Å². The molecule has 156 valence electrons. The molecule has 0 heterocycles. The second-order valence-corrected chi connectivity index (χ2v) is 8.11. The predicted molar refractivity (Wildman–Crippen MR) is 114 cm³/mol. The zero-order valence-corrected chi connectivity index (χ0v) is 17.9. The van der Waals surface area contributed by atoms with E-state index in [0.29, 0.717) is 23.8 Å². The molecule has 0 aliphatic heterocycles. The van der Waals surface area contributed by atoms with Gasteiger partial charge in [0.2, 0.25) is 0 Å². The molecule has 3 rings (SSSR count). The SMILES string of the molecule is COc1cccc(C(=O)[C@H]2C[C@@H]2CN(C)CC(O)c2cc(C)c(OC)cc2C)c1. The van der Waals surface area contributed by atoms with Gasteiger partial charge in [0.05, 0.1) is 20.3 Å². The molecule has 1 saturated carbocycles. The maximum atomic E-state index is 12.7. The number of aryl methyl sites for hydroxylation is 2. The van der Waals surface area contributed by atoms with Crippen LogP contribution in [0.3, 0.4) is 0 Å². The van der Waals surface area contributed by atoms with Gasteiger partial charge in [-0.2, -0.15) is 0 Å². The van der Waals surface area contributed by atoms with Crippen molar-refractivity contribution in [3.63, 3.8) is 0 Å². The number of likely N-dealkylation sites (N-methyl/N-ethyl adjacent to an activating group) is 1. The Morgan fingerprint density at radius 1 is 1.17 bits per heavy atom. The second kappa shape index (κ2) is 8.97. The van der Waals surface area contributed by atoms with Crippen molar-refractivity contribution in [2.45, 2.75) is 26.4 Å². The third-order valence-electron chi connectivity index (χ3n) is 5.79. The maximum absolute atomic E-state index is 12.7. The molecule has 0 radical (unpaired) electrons. The normalized spacial score (nSPS) is 19.1. The monoisotopic (exact) mass is 397 g/mol. The van der Waals surface area contributed by atoms with Gasteiger partial charge in [0.25, 0.3) is 0 Å². The fraction of sp³-hybridized carbons (Fsp3) is 0.458. The third-order valence-corrected chi connectivity index (χ3v) is 5.79. The van der Waals surface area contributed by atoms with Gasteiger partial charge in [-0.05, 0) is 74.2 Å². The predicted octanol–water partition coefficient (Wildman–Crippen LogP) is 3.80. The highest BCUT2D eigenvalue weighted by Crippen LogP contribution is 2.42. The molecule has 1 fully saturated rings. The fourth-order valence-corrected chi connectivity index (χ4v) is 4.02. The highest BCUT2D eigenvalue weighted by atomic mass is 16.5. The van der Waals surface area contributed by atoms with E-state index >= 15 is 0 Å². The molecule has 0 amide bonds. The molecule has 1 unspecified atom stereocenters. The minimum atomic E-state index is -0.573. The van der Waals surface area contributed by atoms with Gasteiger partial charge >= 0.3 is 0 Å². The van der Waals surface area contributed by atoms with E-state index in [-0.39, 0.29) is 11.7 Å². The van der Waals surface area contributed by atoms with Gasteiger partial charge in [-0.3, -0.25) is 4.79 Å². The van der Waals surface area contributed by atoms with E-state index < -0.39 is 6.10 Å². The summed E-state index contributed by atoms with van der Waals surface area (Å²) in [4.78, 5) is 14.8. The van der Waals surface area contributed by atoms with Crippen LogP contribution >= 0.6 is 0 Å². The zero-order valence-electron chi connectivity index (χ0n) is 17.9. The van der Waals surface area contributed by atoms with Gasteiger partial charge < -0.3 is 19.5 Å². The van der Waals surface area contributed by atoms with Crippen molar-refractivity contribution >= 4 is 5.78 Å². The van der Waals surface area contributed by atoms with E-state index in [9.17, 15) is 9.90 Å². The van der Waals surface area contributed by atoms with Gasteiger partial charge in [-0.15, -0.1) is 0 Å². The standard InChI is InChI=1S/C24H31NO4/c1-15-10-23(29-5)16(2)9-20(15)22(26)14-25(3)13-18-12-21(18)24(27)17-7-6-8-19(11-17)28-4/h6-11,18,21-22,26H,12-14H2,1-5H3/t18-,21+,22?/m1/s1. The van der Waals surface area contributed by atoms with Gasteiger partial charge in [0, 0.05) is 24.6 Å². The molecule has 5 heteroatoms. The maximum Gasteiger partial charge on any atom is 0.166 e. The molecule has 0 saturated heterocycles. The summed E-state index contributed by atoms with van der Waals surface area (Å²) in [7, 11) is 5.26. The molecule has 2 aromatic rings. The van der Waals surface area contributed by atoms with Crippen molar-refractivity contribution in [3.05, 3.63) is 58.7 Å². The van der Waals surface area contributed by atoms with E-state index in [1.54, 1.807) is 20.3 Å². The van der Waals surface area contributed by atoms with Gasteiger partial charge in [-0.1, -0.05) is 12.1 Å². The highest BCUT2D eigenvalue weighted by Gasteiger charge is 2.43. The Kier molecular flexibility index (Phi) is 6.60. The summed E-state index contributed by atoms with van der Waals surface area (Å²) in [6.45, 7) is 5.30. The van der Waals surface area contributed by atoms with Crippen molar-refractivity contribution in [1.82, 2.24) is 4.90 Å². The van der Waals surface area contributed by atoms with Crippen molar-refractivity contribution < 1.29 is 19.4 Å². The summed E-state index contributed by atoms with van der Waals surface area (Å²) in [5.74, 6) is 2.13. The molecule has 1 aliphatic rings. The molecule has 1 N–H and O–H groups in total. The lowest BCUT2D eigenvalue weighted by atomic mass is 9.99. The molecule has 29 heavy (non-hydrogen) atoms. The second-order valence-electron chi connectivity index (χ2n) is 8.11. The van der Waals surface area contributed by atoms with Crippen LogP contribution in [0.4, 0.5) is 0 Å². The number of hydrogen-bond acceptors (Lipinski definition) is 5. The van der Waals surface area contributed by atoms with Crippen LogP contribution in [-0.4, -0.2) is 50.1 Å². The minimum Gasteiger partial charge on any atom is -0.497 e. The number of hydrogen-bond donors (Lipinski definition) is 1. The van der Waals surface area contributed by atoms with E-state index in [1.807, 2.05) is 51.2 Å². The number of nitrogens with zero attached hydrogens (tertiary/aromatic N) is 1. The van der Waals surface area contributed by atoms with Crippen LogP contribution in [0, 0.1) is 25.7 Å². The van der Waals surface area contributed by atoms with E-state index in [2.05, 4.69) is 4.90 Å². The molecule has 5 nitrogen and oxygen atoms in total. The summed E-state index contributed by atoms with van der Waals surface area (Å²) in [5, 5.41) is 10.7. The minimum absolute atomic E-state index is 0.0617. The quantitative estimate of drug-likeness (QED) is 0.652. The first-order valence-electron chi connectivity index (χ1n) is 10.0. The first-order valence-corrected chi connectivity index (χ1v) is 10.0. The number of ketones is 1. The highest BCUT2D eigenvalue weighted by molar-refractivity contribution is 6.00. The Morgan fingerprint density at radius 3 is 2.62 bits per heavy atom. The average Bonchev–Trinajstić information content (AvgIpc) is 3.47. The summed E-state index contributed by atoms with van der Waals surface area (Å²) >= 11 is 0. The van der Waals surface area contributed by atoms with Crippen LogP contribution in [0.1, 0.15) is 39.6 Å². The Labute approximate surface area is 173 Å². The van der Waals surface area contributed by atoms with Gasteiger partial charge in [0.15, 0.2) is 5.78 Å². The lowest BCUT2D eigenvalue weighted by Crippen LogP contribution is -2.28. The lowest BCUT2D eigenvalue weighted by Gasteiger charge is -2.23. The number of methoxy groups -OCH3 is 2. The first-order chi connectivity index (χ1) is 13.8. The lowest BCUT2D eigenvalue weighted by molar-refractivity contribution is 0.0951. The number of aliphatic hydroxyl groups excluding tert-OH is 1. The van der Waals surface area contributed by atoms with Crippen LogP contribution in [-0.2, 0) is 0 Å². The van der Waals surface area contributed by atoms with Crippen molar-refractivity contribution in [1.29, 1.82) is 0 Å². The van der Waals surface area contributed by atoms with Gasteiger partial charge in [-0.25, -0.2) is 0 Å². The molecule has 0 spiro atoms. The Bertz CT molecular complexity index is 879. The number of carbonyl (C=O) groups is 1. The first kappa shape index (κ1) is 21.3. The number of rotatable bonds is 9. The summed E-state index contributed by atoms with van der Waals surface area (Å²) in [5.41, 5.74) is 3.67. The Balaban J connectivity index is 1.56.